The molecular weight excluding hydrogens is 257 g/mol. The van der Waals surface area contributed by atoms with Crippen molar-refractivity contribution in [2.45, 2.75) is 31.4 Å². The zero-order chi connectivity index (χ0) is 12.3. The first-order valence-electron chi connectivity index (χ1n) is 5.94. The van der Waals surface area contributed by atoms with Gasteiger partial charge in [0, 0.05) is 22.7 Å². The molecule has 0 radical (unpaired) electrons. The molecule has 0 amide bonds. The van der Waals surface area contributed by atoms with Gasteiger partial charge in [-0.1, -0.05) is 29.3 Å². The molecule has 17 heavy (non-hydrogen) atoms. The molecule has 0 spiro atoms. The lowest BCUT2D eigenvalue weighted by Crippen LogP contribution is -2.22. The molecule has 2 rings (SSSR count). The second-order valence-electron chi connectivity index (χ2n) is 4.38. The normalized spacial score (nSPS) is 21.7. The number of halogens is 2. The summed E-state index contributed by atoms with van der Waals surface area (Å²) in [4.78, 5) is 0. The Morgan fingerprint density at radius 1 is 1.47 bits per heavy atom. The van der Waals surface area contributed by atoms with E-state index in [4.69, 9.17) is 27.9 Å². The lowest BCUT2D eigenvalue weighted by atomic mass is 9.99. The summed E-state index contributed by atoms with van der Waals surface area (Å²) >= 11 is 12.1. The van der Waals surface area contributed by atoms with Crippen LogP contribution in [0.4, 0.5) is 0 Å². The van der Waals surface area contributed by atoms with Gasteiger partial charge in [-0.15, -0.1) is 0 Å². The summed E-state index contributed by atoms with van der Waals surface area (Å²) in [7, 11) is 1.95. The molecule has 2 unspecified atom stereocenters. The minimum atomic E-state index is 0.225. The van der Waals surface area contributed by atoms with Crippen LogP contribution < -0.4 is 5.32 Å². The van der Waals surface area contributed by atoms with Crippen LogP contribution in [-0.2, 0) is 4.74 Å². The lowest BCUT2D eigenvalue weighted by Gasteiger charge is -2.21. The predicted molar refractivity (Wildman–Crippen MR) is 71.9 cm³/mol. The van der Waals surface area contributed by atoms with Crippen molar-refractivity contribution in [2.75, 3.05) is 13.7 Å². The molecule has 2 nitrogen and oxygen atoms in total. The molecule has 4 heteroatoms. The van der Waals surface area contributed by atoms with Gasteiger partial charge in [0.1, 0.15) is 0 Å². The molecule has 1 aromatic rings. The van der Waals surface area contributed by atoms with Crippen molar-refractivity contribution in [3.8, 4) is 0 Å². The van der Waals surface area contributed by atoms with Crippen molar-refractivity contribution in [1.82, 2.24) is 5.32 Å². The van der Waals surface area contributed by atoms with Crippen molar-refractivity contribution in [3.63, 3.8) is 0 Å². The molecule has 0 aromatic heterocycles. The largest absolute Gasteiger partial charge is 0.378 e. The highest BCUT2D eigenvalue weighted by molar-refractivity contribution is 6.35. The summed E-state index contributed by atoms with van der Waals surface area (Å²) in [5.41, 5.74) is 1.09. The fourth-order valence-corrected chi connectivity index (χ4v) is 2.82. The molecule has 0 aliphatic carbocycles. The molecule has 1 fully saturated rings. The second kappa shape index (κ2) is 6.05. The van der Waals surface area contributed by atoms with E-state index in [9.17, 15) is 0 Å². The molecule has 2 atom stereocenters. The first-order chi connectivity index (χ1) is 8.20. The number of nitrogens with one attached hydrogen (secondary N) is 1. The molecule has 1 N–H and O–H groups in total. The molecule has 1 aliphatic rings. The van der Waals surface area contributed by atoms with Crippen LogP contribution >= 0.6 is 23.2 Å². The highest BCUT2D eigenvalue weighted by atomic mass is 35.5. The van der Waals surface area contributed by atoms with E-state index >= 15 is 0 Å². The number of hydrogen-bond acceptors (Lipinski definition) is 2. The van der Waals surface area contributed by atoms with Crippen LogP contribution in [0.1, 0.15) is 30.9 Å². The smallest absolute Gasteiger partial charge is 0.0594 e. The molecule has 1 heterocycles. The van der Waals surface area contributed by atoms with Crippen LogP contribution in [-0.4, -0.2) is 19.8 Å². The Kier molecular flexibility index (Phi) is 4.69. The molecule has 1 aliphatic heterocycles. The summed E-state index contributed by atoms with van der Waals surface area (Å²) in [5.74, 6) is 0. The second-order valence-corrected chi connectivity index (χ2v) is 5.22. The van der Waals surface area contributed by atoms with Gasteiger partial charge in [-0.3, -0.25) is 0 Å². The molecule has 1 saturated heterocycles. The number of hydrogen-bond donors (Lipinski definition) is 1. The topological polar surface area (TPSA) is 21.3 Å². The van der Waals surface area contributed by atoms with Gasteiger partial charge in [0.15, 0.2) is 0 Å². The van der Waals surface area contributed by atoms with Gasteiger partial charge >= 0.3 is 0 Å². The van der Waals surface area contributed by atoms with Crippen LogP contribution in [0.2, 0.25) is 10.0 Å². The highest BCUT2D eigenvalue weighted by Crippen LogP contribution is 2.31. The summed E-state index contributed by atoms with van der Waals surface area (Å²) in [6, 6.07) is 5.88. The Labute approximate surface area is 112 Å². The van der Waals surface area contributed by atoms with Crippen molar-refractivity contribution in [2.24, 2.45) is 0 Å². The van der Waals surface area contributed by atoms with Gasteiger partial charge < -0.3 is 10.1 Å². The summed E-state index contributed by atoms with van der Waals surface area (Å²) in [6.07, 6.45) is 3.61. The van der Waals surface area contributed by atoms with Crippen molar-refractivity contribution >= 4 is 23.2 Å². The molecule has 1 aromatic carbocycles. The van der Waals surface area contributed by atoms with Crippen molar-refractivity contribution in [3.05, 3.63) is 33.8 Å². The third kappa shape index (κ3) is 3.35. The molecular formula is C13H17Cl2NO. The quantitative estimate of drug-likeness (QED) is 0.901. The summed E-state index contributed by atoms with van der Waals surface area (Å²) in [5, 5.41) is 4.69. The number of benzene rings is 1. The minimum Gasteiger partial charge on any atom is -0.378 e. The fraction of sp³-hybridized carbons (Fsp3) is 0.538. The maximum atomic E-state index is 6.22. The Morgan fingerprint density at radius 2 is 2.29 bits per heavy atom. The van der Waals surface area contributed by atoms with E-state index in [1.807, 2.05) is 19.2 Å². The lowest BCUT2D eigenvalue weighted by molar-refractivity contribution is 0.0954. The molecule has 0 saturated carbocycles. The Balaban J connectivity index is 2.10. The predicted octanol–water partition coefficient (Wildman–Crippen LogP) is 3.82. The average Bonchev–Trinajstić information content (AvgIpc) is 2.79. The zero-order valence-electron chi connectivity index (χ0n) is 9.88. The fourth-order valence-electron chi connectivity index (χ4n) is 2.28. The molecule has 94 valence electrons. The van der Waals surface area contributed by atoms with E-state index in [1.54, 1.807) is 6.07 Å². The van der Waals surface area contributed by atoms with Gasteiger partial charge in [0.2, 0.25) is 0 Å². The third-order valence-electron chi connectivity index (χ3n) is 3.21. The maximum Gasteiger partial charge on any atom is 0.0594 e. The summed E-state index contributed by atoms with van der Waals surface area (Å²) in [6.45, 7) is 0.884. The van der Waals surface area contributed by atoms with Gasteiger partial charge in [-0.05, 0) is 44.0 Å². The van der Waals surface area contributed by atoms with E-state index in [1.165, 1.54) is 0 Å². The third-order valence-corrected chi connectivity index (χ3v) is 3.77. The molecule has 0 bridgehead atoms. The van der Waals surface area contributed by atoms with E-state index in [-0.39, 0.29) is 6.04 Å². The monoisotopic (exact) mass is 273 g/mol. The van der Waals surface area contributed by atoms with Gasteiger partial charge in [0.25, 0.3) is 0 Å². The Morgan fingerprint density at radius 3 is 2.88 bits per heavy atom. The van der Waals surface area contributed by atoms with Crippen molar-refractivity contribution in [1.29, 1.82) is 0 Å². The highest BCUT2D eigenvalue weighted by Gasteiger charge is 2.22. The van der Waals surface area contributed by atoms with Crippen molar-refractivity contribution < 1.29 is 4.74 Å². The van der Waals surface area contributed by atoms with Crippen LogP contribution in [0.5, 0.6) is 0 Å². The average molecular weight is 274 g/mol. The van der Waals surface area contributed by atoms with Gasteiger partial charge in [0.05, 0.1) is 6.10 Å². The number of ether oxygens (including phenoxy) is 1. The van der Waals surface area contributed by atoms with Crippen LogP contribution in [0, 0.1) is 0 Å². The Bertz CT molecular complexity index is 378. The standard InChI is InChI=1S/C13H17Cl2NO/c1-16-13(8-10-3-2-6-17-10)11-5-4-9(14)7-12(11)15/h4-5,7,10,13,16H,2-3,6,8H2,1H3. The summed E-state index contributed by atoms with van der Waals surface area (Å²) < 4.78 is 5.66. The SMILES string of the molecule is CNC(CC1CCCO1)c1ccc(Cl)cc1Cl. The van der Waals surface area contributed by atoms with Crippen LogP contribution in [0.25, 0.3) is 0 Å². The van der Waals surface area contributed by atoms with E-state index in [2.05, 4.69) is 5.32 Å². The van der Waals surface area contributed by atoms with E-state index in [0.29, 0.717) is 11.1 Å². The van der Waals surface area contributed by atoms with Gasteiger partial charge in [-0.2, -0.15) is 0 Å². The van der Waals surface area contributed by atoms with E-state index < -0.39 is 0 Å². The van der Waals surface area contributed by atoms with Gasteiger partial charge in [-0.25, -0.2) is 0 Å². The minimum absolute atomic E-state index is 0.225. The van der Waals surface area contributed by atoms with E-state index in [0.717, 1.165) is 36.5 Å². The number of rotatable bonds is 4. The maximum absolute atomic E-state index is 6.22. The van der Waals surface area contributed by atoms with Crippen LogP contribution in [0.15, 0.2) is 18.2 Å². The first-order valence-corrected chi connectivity index (χ1v) is 6.70. The van der Waals surface area contributed by atoms with Crippen LogP contribution in [0.3, 0.4) is 0 Å². The zero-order valence-corrected chi connectivity index (χ0v) is 11.4. The Hall–Kier alpha value is -0.280. The first kappa shape index (κ1) is 13.2.